The van der Waals surface area contributed by atoms with Gasteiger partial charge in [0, 0.05) is 4.88 Å². The topological polar surface area (TPSA) is 61.4 Å². The van der Waals surface area contributed by atoms with Crippen molar-refractivity contribution in [3.8, 4) is 0 Å². The molecule has 2 heterocycles. The average Bonchev–Trinajstić information content (AvgIpc) is 3.30. The Morgan fingerprint density at radius 1 is 1.21 bits per heavy atom. The number of para-hydroxylation sites is 1. The minimum atomic E-state index is -0.474. The summed E-state index contributed by atoms with van der Waals surface area (Å²) in [5, 5.41) is 6.25. The number of nitrogens with zero attached hydrogens (tertiary/aromatic N) is 1. The lowest BCUT2D eigenvalue weighted by atomic mass is 9.88. The highest BCUT2D eigenvalue weighted by Gasteiger charge is 2.29. The van der Waals surface area contributed by atoms with Gasteiger partial charge < -0.3 is 10.6 Å². The van der Waals surface area contributed by atoms with Gasteiger partial charge in [-0.25, -0.2) is 4.39 Å². The predicted molar refractivity (Wildman–Crippen MR) is 114 cm³/mol. The second-order valence-corrected chi connectivity index (χ2v) is 9.13. The zero-order valence-corrected chi connectivity index (χ0v) is 17.4. The van der Waals surface area contributed by atoms with Gasteiger partial charge in [0.25, 0.3) is 5.91 Å². The molecular weight excluding hydrogens is 389 g/mol. The molecule has 0 saturated carbocycles. The lowest BCUT2D eigenvalue weighted by Crippen LogP contribution is -2.31. The number of carbonyl (C=O) groups is 2. The third-order valence-corrected chi connectivity index (χ3v) is 6.85. The summed E-state index contributed by atoms with van der Waals surface area (Å²) in [5.74, 6) is -0.382. The maximum absolute atomic E-state index is 14.0. The van der Waals surface area contributed by atoms with Crippen LogP contribution in [-0.4, -0.2) is 36.3 Å². The Morgan fingerprint density at radius 3 is 2.72 bits per heavy atom. The molecule has 4 rings (SSSR count). The van der Waals surface area contributed by atoms with Crippen LogP contribution in [0.25, 0.3) is 0 Å². The van der Waals surface area contributed by atoms with Gasteiger partial charge in [-0.3, -0.25) is 14.5 Å². The van der Waals surface area contributed by atoms with Crippen LogP contribution in [0.15, 0.2) is 24.3 Å². The molecule has 0 bridgehead atoms. The van der Waals surface area contributed by atoms with E-state index in [-0.39, 0.29) is 17.5 Å². The van der Waals surface area contributed by atoms with Crippen LogP contribution in [0, 0.1) is 11.7 Å². The number of halogens is 1. The molecular formula is C22H26FN3O2S. The number of rotatable bonds is 5. The zero-order chi connectivity index (χ0) is 20.4. The Bertz CT molecular complexity index is 921. The van der Waals surface area contributed by atoms with Crippen LogP contribution in [0.4, 0.5) is 15.1 Å². The van der Waals surface area contributed by atoms with Gasteiger partial charge in [0.15, 0.2) is 0 Å². The Balaban J connectivity index is 1.59. The summed E-state index contributed by atoms with van der Waals surface area (Å²) in [7, 11) is 0. The van der Waals surface area contributed by atoms with Crippen molar-refractivity contribution in [2.24, 2.45) is 5.92 Å². The molecule has 2 aliphatic rings. The molecule has 1 fully saturated rings. The molecule has 1 saturated heterocycles. The zero-order valence-electron chi connectivity index (χ0n) is 16.6. The minimum Gasteiger partial charge on any atom is -0.319 e. The van der Waals surface area contributed by atoms with Gasteiger partial charge in [-0.15, -0.1) is 11.3 Å². The second-order valence-electron chi connectivity index (χ2n) is 8.02. The lowest BCUT2D eigenvalue weighted by molar-refractivity contribution is -0.117. The molecule has 5 nitrogen and oxygen atoms in total. The van der Waals surface area contributed by atoms with Gasteiger partial charge in [0.2, 0.25) is 5.91 Å². The Kier molecular flexibility index (Phi) is 5.96. The van der Waals surface area contributed by atoms with E-state index in [0.717, 1.165) is 55.6 Å². The quantitative estimate of drug-likeness (QED) is 0.765. The molecule has 1 atom stereocenters. The van der Waals surface area contributed by atoms with E-state index in [4.69, 9.17) is 0 Å². The number of likely N-dealkylation sites (tertiary alicyclic amines) is 1. The van der Waals surface area contributed by atoms with Crippen LogP contribution >= 0.6 is 11.3 Å². The van der Waals surface area contributed by atoms with Crippen molar-refractivity contribution in [2.75, 3.05) is 30.3 Å². The Morgan fingerprint density at radius 2 is 1.97 bits per heavy atom. The summed E-state index contributed by atoms with van der Waals surface area (Å²) in [6, 6.07) is 6.13. The SMILES string of the molecule is C[C@H]1CCc2c(sc(NC(=O)CN3CCCC3)c2C(=O)Nc2ccccc2F)C1. The number of hydrogen-bond acceptors (Lipinski definition) is 4. The van der Waals surface area contributed by atoms with Crippen molar-refractivity contribution >= 4 is 33.8 Å². The van der Waals surface area contributed by atoms with E-state index in [0.29, 0.717) is 23.0 Å². The van der Waals surface area contributed by atoms with Crippen molar-refractivity contribution in [1.82, 2.24) is 4.90 Å². The molecule has 1 aromatic heterocycles. The summed E-state index contributed by atoms with van der Waals surface area (Å²) >= 11 is 1.49. The van der Waals surface area contributed by atoms with Crippen LogP contribution in [0.1, 0.15) is 47.0 Å². The lowest BCUT2D eigenvalue weighted by Gasteiger charge is -2.19. The van der Waals surface area contributed by atoms with E-state index in [2.05, 4.69) is 22.5 Å². The molecule has 0 spiro atoms. The fourth-order valence-corrected chi connectivity index (χ4v) is 5.56. The first kappa shape index (κ1) is 20.0. The fourth-order valence-electron chi connectivity index (χ4n) is 4.14. The van der Waals surface area contributed by atoms with Gasteiger partial charge in [-0.1, -0.05) is 19.1 Å². The Hall–Kier alpha value is -2.25. The number of nitrogens with one attached hydrogen (secondary N) is 2. The van der Waals surface area contributed by atoms with Gasteiger partial charge in [-0.05, 0) is 68.8 Å². The van der Waals surface area contributed by atoms with Crippen molar-refractivity contribution in [3.05, 3.63) is 46.1 Å². The normalized spacial score (nSPS) is 19.0. The predicted octanol–water partition coefficient (Wildman–Crippen LogP) is 4.30. The van der Waals surface area contributed by atoms with E-state index in [9.17, 15) is 14.0 Å². The van der Waals surface area contributed by atoms with E-state index >= 15 is 0 Å². The van der Waals surface area contributed by atoms with Gasteiger partial charge in [0.05, 0.1) is 17.8 Å². The molecule has 0 radical (unpaired) electrons. The van der Waals surface area contributed by atoms with Crippen LogP contribution < -0.4 is 10.6 Å². The molecule has 1 aliphatic carbocycles. The third-order valence-electron chi connectivity index (χ3n) is 5.68. The number of fused-ring (bicyclic) bond motifs is 1. The van der Waals surface area contributed by atoms with Crippen LogP contribution in [0.2, 0.25) is 0 Å². The van der Waals surface area contributed by atoms with Crippen molar-refractivity contribution < 1.29 is 14.0 Å². The molecule has 2 aromatic rings. The summed E-state index contributed by atoms with van der Waals surface area (Å²) < 4.78 is 14.0. The Labute approximate surface area is 174 Å². The molecule has 7 heteroatoms. The first-order valence-electron chi connectivity index (χ1n) is 10.2. The van der Waals surface area contributed by atoms with E-state index < -0.39 is 5.82 Å². The van der Waals surface area contributed by atoms with E-state index in [1.165, 1.54) is 17.4 Å². The van der Waals surface area contributed by atoms with Crippen molar-refractivity contribution in [2.45, 2.75) is 39.0 Å². The molecule has 154 valence electrons. The van der Waals surface area contributed by atoms with Crippen LogP contribution in [-0.2, 0) is 17.6 Å². The molecule has 0 unspecified atom stereocenters. The van der Waals surface area contributed by atoms with Crippen molar-refractivity contribution in [3.63, 3.8) is 0 Å². The number of benzene rings is 1. The molecule has 1 aliphatic heterocycles. The summed E-state index contributed by atoms with van der Waals surface area (Å²) in [5.41, 5.74) is 1.64. The minimum absolute atomic E-state index is 0.0986. The van der Waals surface area contributed by atoms with Crippen molar-refractivity contribution in [1.29, 1.82) is 0 Å². The first-order chi connectivity index (χ1) is 14.0. The smallest absolute Gasteiger partial charge is 0.259 e. The standard InChI is InChI=1S/C22H26FN3O2S/c1-14-8-9-15-18(12-14)29-22(25-19(27)13-26-10-4-5-11-26)20(15)21(28)24-17-7-3-2-6-16(17)23/h2-3,6-7,14H,4-5,8-13H2,1H3,(H,24,28)(H,25,27)/t14-/m0/s1. The molecule has 2 N–H and O–H groups in total. The largest absolute Gasteiger partial charge is 0.319 e. The average molecular weight is 416 g/mol. The number of thiophene rings is 1. The molecule has 29 heavy (non-hydrogen) atoms. The summed E-state index contributed by atoms with van der Waals surface area (Å²) in [4.78, 5) is 29.0. The maximum atomic E-state index is 14.0. The number of amides is 2. The highest BCUT2D eigenvalue weighted by molar-refractivity contribution is 7.17. The van der Waals surface area contributed by atoms with Gasteiger partial charge in [0.1, 0.15) is 10.8 Å². The second kappa shape index (κ2) is 8.63. The van der Waals surface area contributed by atoms with Crippen LogP contribution in [0.3, 0.4) is 0 Å². The van der Waals surface area contributed by atoms with E-state index in [1.807, 2.05) is 0 Å². The maximum Gasteiger partial charge on any atom is 0.259 e. The number of anilines is 2. The van der Waals surface area contributed by atoms with Gasteiger partial charge >= 0.3 is 0 Å². The molecule has 1 aromatic carbocycles. The first-order valence-corrected chi connectivity index (χ1v) is 11.1. The van der Waals surface area contributed by atoms with Gasteiger partial charge in [-0.2, -0.15) is 0 Å². The third kappa shape index (κ3) is 4.51. The monoisotopic (exact) mass is 415 g/mol. The summed E-state index contributed by atoms with van der Waals surface area (Å²) in [6.07, 6.45) is 4.95. The molecule has 2 amide bonds. The number of carbonyl (C=O) groups excluding carboxylic acids is 2. The number of hydrogen-bond donors (Lipinski definition) is 2. The highest BCUT2D eigenvalue weighted by atomic mass is 32.1. The highest BCUT2D eigenvalue weighted by Crippen LogP contribution is 2.40. The van der Waals surface area contributed by atoms with Crippen LogP contribution in [0.5, 0.6) is 0 Å². The van der Waals surface area contributed by atoms with E-state index in [1.54, 1.807) is 18.2 Å². The fraction of sp³-hybridized carbons (Fsp3) is 0.455. The summed E-state index contributed by atoms with van der Waals surface area (Å²) in [6.45, 7) is 4.42.